The van der Waals surface area contributed by atoms with E-state index < -0.39 is 20.0 Å². The van der Waals surface area contributed by atoms with Crippen LogP contribution in [-0.2, 0) is 18.4 Å². The molecule has 0 heterocycles. The van der Waals surface area contributed by atoms with Crippen molar-refractivity contribution in [3.8, 4) is 0 Å². The molecule has 0 aromatic carbocycles. The van der Waals surface area contributed by atoms with Crippen molar-refractivity contribution in [3.63, 3.8) is 0 Å². The molecule has 72 heavy (non-hydrogen) atoms. The minimum atomic E-state index is -4.32. The smallest absolute Gasteiger partial charge is 0.391 e. The van der Waals surface area contributed by atoms with Gasteiger partial charge in [0.1, 0.15) is 13.2 Å². The average Bonchev–Trinajstić information content (AvgIpc) is 3.34. The number of hydrogen-bond acceptors (Lipinski definition) is 5. The number of amides is 1. The lowest BCUT2D eigenvalue weighted by Crippen LogP contribution is -2.46. The van der Waals surface area contributed by atoms with Gasteiger partial charge in [-0.3, -0.25) is 13.8 Å². The quantitative estimate of drug-likeness (QED) is 0.0318. The van der Waals surface area contributed by atoms with Crippen LogP contribution in [0, 0.1) is 0 Å². The van der Waals surface area contributed by atoms with Crippen LogP contribution >= 0.6 is 7.82 Å². The Morgan fingerprint density at radius 1 is 0.417 bits per heavy atom. The molecule has 8 nitrogen and oxygen atoms in total. The number of rotatable bonds is 61. The molecule has 0 fully saturated rings. The maximum Gasteiger partial charge on any atom is 0.472 e. The molecule has 0 spiro atoms. The highest BCUT2D eigenvalue weighted by atomic mass is 31.2. The normalized spacial score (nSPS) is 13.7. The first kappa shape index (κ1) is 71.5. The van der Waals surface area contributed by atoms with Crippen LogP contribution in [0.25, 0.3) is 0 Å². The summed E-state index contributed by atoms with van der Waals surface area (Å²) < 4.78 is 23.8. The lowest BCUT2D eigenvalue weighted by molar-refractivity contribution is -0.870. The number of hydrogen-bond donors (Lipinski definition) is 3. The number of likely N-dealkylation sites (N-methyl/N-ethyl adjacent to an activating group) is 1. The molecule has 0 radical (unpaired) electrons. The highest BCUT2D eigenvalue weighted by Gasteiger charge is 2.28. The number of aliphatic hydroxyl groups is 1. The van der Waals surface area contributed by atoms with Crippen molar-refractivity contribution in [2.24, 2.45) is 0 Å². The van der Waals surface area contributed by atoms with Crippen LogP contribution in [-0.4, -0.2) is 73.4 Å². The second kappa shape index (κ2) is 55.3. The van der Waals surface area contributed by atoms with Crippen molar-refractivity contribution >= 4 is 13.7 Å². The number of carbonyl (C=O) groups excluding carboxylic acids is 1. The Morgan fingerprint density at radius 3 is 0.931 bits per heavy atom. The molecule has 0 aromatic heterocycles. The number of phosphoric ester groups is 1. The first-order chi connectivity index (χ1) is 35.0. The molecular formula is C63H130N2O6P+. The fourth-order valence-corrected chi connectivity index (χ4v) is 11.0. The zero-order chi connectivity index (χ0) is 52.7. The van der Waals surface area contributed by atoms with Gasteiger partial charge in [-0.25, -0.2) is 4.57 Å². The van der Waals surface area contributed by atoms with Crippen molar-refractivity contribution < 1.29 is 32.9 Å². The first-order valence-electron chi connectivity index (χ1n) is 32.4. The Hall–Kier alpha value is -0.500. The summed E-state index contributed by atoms with van der Waals surface area (Å²) in [6.45, 7) is 4.94. The zero-order valence-electron chi connectivity index (χ0n) is 49.5. The van der Waals surface area contributed by atoms with E-state index in [2.05, 4.69) is 19.2 Å². The minimum Gasteiger partial charge on any atom is -0.391 e. The average molecular weight is 1040 g/mol. The number of aliphatic hydroxyl groups excluding tert-OH is 1. The topological polar surface area (TPSA) is 105 Å². The molecule has 0 aliphatic carbocycles. The molecule has 0 aliphatic heterocycles. The Kier molecular flexibility index (Phi) is 54.9. The number of nitrogens with zero attached hydrogens (tertiary/aromatic N) is 1. The van der Waals surface area contributed by atoms with Crippen molar-refractivity contribution in [2.75, 3.05) is 40.9 Å². The van der Waals surface area contributed by atoms with Gasteiger partial charge in [0, 0.05) is 6.42 Å². The van der Waals surface area contributed by atoms with E-state index in [1.165, 1.54) is 283 Å². The molecule has 0 saturated carbocycles. The van der Waals surface area contributed by atoms with E-state index in [4.69, 9.17) is 9.05 Å². The third kappa shape index (κ3) is 57.2. The van der Waals surface area contributed by atoms with E-state index in [9.17, 15) is 19.4 Å². The SMILES string of the molecule is CCCCCCCCCCCCCCCCCCCCCCCCCCCCCCCCCCCCCCC(=O)NC(COP(=O)(O)OCC[N+](C)(C)C)C(O)CCCCCCCCCCCCCCCC. The van der Waals surface area contributed by atoms with E-state index in [1.54, 1.807) is 0 Å². The number of quaternary nitrogens is 1. The molecule has 0 aliphatic rings. The largest absolute Gasteiger partial charge is 0.472 e. The molecule has 9 heteroatoms. The predicted molar refractivity (Wildman–Crippen MR) is 314 cm³/mol. The van der Waals surface area contributed by atoms with Crippen LogP contribution in [0.3, 0.4) is 0 Å². The molecule has 0 saturated heterocycles. The summed E-state index contributed by atoms with van der Waals surface area (Å²) in [5.74, 6) is -0.136. The summed E-state index contributed by atoms with van der Waals surface area (Å²) >= 11 is 0. The van der Waals surface area contributed by atoms with Crippen molar-refractivity contribution in [1.29, 1.82) is 0 Å². The van der Waals surface area contributed by atoms with Crippen LogP contribution in [0.5, 0.6) is 0 Å². The summed E-state index contributed by atoms with van der Waals surface area (Å²) in [6, 6.07) is -0.755. The lowest BCUT2D eigenvalue weighted by Gasteiger charge is -2.26. The van der Waals surface area contributed by atoms with Gasteiger partial charge >= 0.3 is 7.82 Å². The van der Waals surface area contributed by atoms with Crippen molar-refractivity contribution in [3.05, 3.63) is 0 Å². The molecule has 3 atom stereocenters. The second-order valence-corrected chi connectivity index (χ2v) is 25.3. The Morgan fingerprint density at radius 2 is 0.667 bits per heavy atom. The summed E-state index contributed by atoms with van der Waals surface area (Å²) in [6.07, 6.45) is 67.8. The van der Waals surface area contributed by atoms with E-state index in [-0.39, 0.29) is 19.1 Å². The highest BCUT2D eigenvalue weighted by molar-refractivity contribution is 7.47. The third-order valence-electron chi connectivity index (χ3n) is 15.4. The van der Waals surface area contributed by atoms with Crippen LogP contribution in [0.15, 0.2) is 0 Å². The van der Waals surface area contributed by atoms with Gasteiger partial charge in [0.25, 0.3) is 0 Å². The highest BCUT2D eigenvalue weighted by Crippen LogP contribution is 2.43. The summed E-state index contributed by atoms with van der Waals surface area (Å²) in [5.41, 5.74) is 0. The molecule has 3 unspecified atom stereocenters. The molecule has 3 N–H and O–H groups in total. The maximum absolute atomic E-state index is 13.0. The molecule has 0 bridgehead atoms. The van der Waals surface area contributed by atoms with Gasteiger partial charge < -0.3 is 19.8 Å². The number of phosphoric acid groups is 1. The van der Waals surface area contributed by atoms with Crippen molar-refractivity contribution in [1.82, 2.24) is 5.32 Å². The van der Waals surface area contributed by atoms with Gasteiger partial charge in [-0.2, -0.15) is 0 Å². The molecule has 1 amide bonds. The second-order valence-electron chi connectivity index (χ2n) is 23.9. The third-order valence-corrected chi connectivity index (χ3v) is 16.3. The molecule has 0 aromatic rings. The summed E-state index contributed by atoms with van der Waals surface area (Å²) in [4.78, 5) is 23.3. The van der Waals surface area contributed by atoms with Gasteiger partial charge in [-0.1, -0.05) is 328 Å². The summed E-state index contributed by atoms with van der Waals surface area (Å²) in [5, 5.41) is 14.1. The van der Waals surface area contributed by atoms with Gasteiger partial charge in [0.2, 0.25) is 5.91 Å². The van der Waals surface area contributed by atoms with Crippen LogP contribution in [0.2, 0.25) is 0 Å². The Bertz CT molecular complexity index is 1140. The molecule has 432 valence electrons. The molecule has 0 rings (SSSR count). The Labute approximate surface area is 450 Å². The van der Waals surface area contributed by atoms with E-state index in [0.29, 0.717) is 23.9 Å². The van der Waals surface area contributed by atoms with Crippen LogP contribution in [0.1, 0.15) is 348 Å². The zero-order valence-corrected chi connectivity index (χ0v) is 50.4. The predicted octanol–water partition coefficient (Wildman–Crippen LogP) is 20.0. The van der Waals surface area contributed by atoms with Gasteiger partial charge in [-0.15, -0.1) is 0 Å². The van der Waals surface area contributed by atoms with E-state index >= 15 is 0 Å². The minimum absolute atomic E-state index is 0.0790. The first-order valence-corrected chi connectivity index (χ1v) is 33.9. The van der Waals surface area contributed by atoms with Crippen molar-refractivity contribution in [2.45, 2.75) is 360 Å². The fourth-order valence-electron chi connectivity index (χ4n) is 10.3. The Balaban J connectivity index is 3.86. The van der Waals surface area contributed by atoms with E-state index in [1.807, 2.05) is 21.1 Å². The lowest BCUT2D eigenvalue weighted by atomic mass is 10.0. The number of nitrogens with one attached hydrogen (secondary N) is 1. The van der Waals surface area contributed by atoms with Crippen LogP contribution in [0.4, 0.5) is 0 Å². The molecular weight excluding hydrogens is 912 g/mol. The van der Waals surface area contributed by atoms with Crippen LogP contribution < -0.4 is 5.32 Å². The summed E-state index contributed by atoms with van der Waals surface area (Å²) in [7, 11) is 1.64. The number of unbranched alkanes of at least 4 members (excludes halogenated alkanes) is 48. The fraction of sp³-hybridized carbons (Fsp3) is 0.984. The van der Waals surface area contributed by atoms with Gasteiger partial charge in [0.05, 0.1) is 39.9 Å². The van der Waals surface area contributed by atoms with Gasteiger partial charge in [0.15, 0.2) is 0 Å². The maximum atomic E-state index is 13.0. The number of carbonyl (C=O) groups is 1. The van der Waals surface area contributed by atoms with Gasteiger partial charge in [-0.05, 0) is 12.8 Å². The standard InChI is InChI=1S/C63H129N2O6P/c1-6-8-10-12-14-16-18-20-22-23-24-25-26-27-28-29-30-31-32-33-34-35-36-37-38-39-40-41-42-43-45-47-49-51-53-55-57-63(67)64-61(60-71-72(68,69)70-59-58-65(3,4)5)62(66)56-54-52-50-48-46-44-21-19-17-15-13-11-9-7-2/h61-62,66H,6-60H2,1-5H3,(H-,64,67,68,69)/p+1. The monoisotopic (exact) mass is 1040 g/mol. The van der Waals surface area contributed by atoms with E-state index in [0.717, 1.165) is 38.5 Å².